The molecule has 0 spiro atoms. The molecule has 0 bridgehead atoms. The van der Waals surface area contributed by atoms with Crippen LogP contribution >= 0.6 is 0 Å². The predicted molar refractivity (Wildman–Crippen MR) is 112 cm³/mol. The summed E-state index contributed by atoms with van der Waals surface area (Å²) in [5.41, 5.74) is 7.61. The first kappa shape index (κ1) is 24.5. The van der Waals surface area contributed by atoms with Gasteiger partial charge in [-0.15, -0.1) is 0 Å². The lowest BCUT2D eigenvalue weighted by Crippen LogP contribution is -2.22. The fraction of sp³-hybridized carbons (Fsp3) is 0.619. The highest BCUT2D eigenvalue weighted by molar-refractivity contribution is 5.72. The number of nitrogens with zero attached hydrogens (tertiary/aromatic N) is 4. The molecule has 2 unspecified atom stereocenters. The molecule has 0 radical (unpaired) electrons. The molecule has 10 heteroatoms. The highest BCUT2D eigenvalue weighted by Gasteiger charge is 2.31. The standard InChI is InChI=1S/C17H22N4O3.C3H8O2.CHN/c18-16-14-7-6-13(21(14)20-10-19-16)15-8-5-12(24-15)9-23-17(22)11-3-1-2-4-11;1-3(2,4)5;1-2/h6-7,10-12,15H,1-5,8-9H2,(H2,18,19,20);4-5H,1-2H3;1H. The van der Waals surface area contributed by atoms with Gasteiger partial charge in [-0.1, -0.05) is 12.8 Å². The van der Waals surface area contributed by atoms with Gasteiger partial charge in [0.1, 0.15) is 24.6 Å². The number of nitriles is 1. The van der Waals surface area contributed by atoms with Gasteiger partial charge < -0.3 is 25.4 Å². The molecule has 1 saturated carbocycles. The van der Waals surface area contributed by atoms with Crippen molar-refractivity contribution in [3.05, 3.63) is 24.2 Å². The second kappa shape index (κ2) is 11.0. The minimum Gasteiger partial charge on any atom is -0.463 e. The minimum absolute atomic E-state index is 0.0508. The largest absolute Gasteiger partial charge is 0.463 e. The number of anilines is 1. The molecule has 1 aliphatic heterocycles. The molecule has 31 heavy (non-hydrogen) atoms. The summed E-state index contributed by atoms with van der Waals surface area (Å²) < 4.78 is 13.3. The number of nitrogens with two attached hydrogens (primary N) is 1. The second-order valence-corrected chi connectivity index (χ2v) is 8.13. The first-order valence-electron chi connectivity index (χ1n) is 10.3. The van der Waals surface area contributed by atoms with E-state index >= 15 is 0 Å². The molecule has 3 heterocycles. The van der Waals surface area contributed by atoms with E-state index in [1.54, 1.807) is 4.52 Å². The molecule has 4 N–H and O–H groups in total. The molecule has 2 atom stereocenters. The monoisotopic (exact) mass is 433 g/mol. The molecular weight excluding hydrogens is 402 g/mol. The summed E-state index contributed by atoms with van der Waals surface area (Å²) in [5, 5.41) is 26.9. The van der Waals surface area contributed by atoms with Crippen molar-refractivity contribution in [2.45, 2.75) is 70.4 Å². The lowest BCUT2D eigenvalue weighted by molar-refractivity contribution is -0.152. The van der Waals surface area contributed by atoms with Gasteiger partial charge in [0.15, 0.2) is 11.6 Å². The SMILES string of the molecule is C#N.CC(C)(O)O.Nc1ncnn2c(C3CCC(COC(=O)C4CCCC4)O3)ccc12. The van der Waals surface area contributed by atoms with E-state index in [0.29, 0.717) is 12.4 Å². The van der Waals surface area contributed by atoms with E-state index in [0.717, 1.165) is 49.7 Å². The number of carbonyl (C=O) groups is 1. The summed E-state index contributed by atoms with van der Waals surface area (Å²) in [6.07, 6.45) is 7.28. The normalized spacial score (nSPS) is 21.1. The van der Waals surface area contributed by atoms with Crippen molar-refractivity contribution in [2.75, 3.05) is 12.3 Å². The Morgan fingerprint density at radius 1 is 1.29 bits per heavy atom. The van der Waals surface area contributed by atoms with Gasteiger partial charge in [0.2, 0.25) is 0 Å². The molecule has 2 fully saturated rings. The Kier molecular flexibility index (Phi) is 8.74. The fourth-order valence-corrected chi connectivity index (χ4v) is 3.72. The zero-order chi connectivity index (χ0) is 23.0. The van der Waals surface area contributed by atoms with Crippen LogP contribution in [0.2, 0.25) is 0 Å². The van der Waals surface area contributed by atoms with Crippen molar-refractivity contribution in [2.24, 2.45) is 5.92 Å². The Morgan fingerprint density at radius 3 is 2.58 bits per heavy atom. The Bertz CT molecular complexity index is 864. The Labute approximate surface area is 181 Å². The number of ether oxygens (including phenoxy) is 2. The molecule has 2 aromatic rings. The number of hydrogen-bond donors (Lipinski definition) is 3. The Hall–Kier alpha value is -2.74. The minimum atomic E-state index is -1.50. The van der Waals surface area contributed by atoms with Gasteiger partial charge in [0.05, 0.1) is 17.7 Å². The van der Waals surface area contributed by atoms with Crippen LogP contribution in [-0.4, -0.2) is 49.3 Å². The third-order valence-electron chi connectivity index (χ3n) is 5.05. The Balaban J connectivity index is 0.000000432. The van der Waals surface area contributed by atoms with Crippen molar-refractivity contribution < 1.29 is 24.5 Å². The van der Waals surface area contributed by atoms with Crippen LogP contribution in [0.15, 0.2) is 18.5 Å². The molecule has 2 aromatic heterocycles. The summed E-state index contributed by atoms with van der Waals surface area (Å²) >= 11 is 0. The number of esters is 1. The summed E-state index contributed by atoms with van der Waals surface area (Å²) in [6.45, 7) is 6.44. The van der Waals surface area contributed by atoms with Gasteiger partial charge in [-0.25, -0.2) is 14.8 Å². The first-order valence-corrected chi connectivity index (χ1v) is 10.3. The van der Waals surface area contributed by atoms with Crippen LogP contribution in [0.3, 0.4) is 0 Å². The summed E-state index contributed by atoms with van der Waals surface area (Å²) in [6, 6.07) is 3.87. The van der Waals surface area contributed by atoms with Crippen LogP contribution in [0.1, 0.15) is 64.2 Å². The molecule has 0 aromatic carbocycles. The number of carbonyl (C=O) groups excluding carboxylic acids is 1. The van der Waals surface area contributed by atoms with Crippen molar-refractivity contribution in [3.63, 3.8) is 0 Å². The average molecular weight is 434 g/mol. The maximum atomic E-state index is 12.0. The van der Waals surface area contributed by atoms with E-state index in [1.165, 1.54) is 20.2 Å². The smallest absolute Gasteiger partial charge is 0.309 e. The molecule has 1 saturated heterocycles. The number of fused-ring (bicyclic) bond motifs is 1. The van der Waals surface area contributed by atoms with E-state index in [-0.39, 0.29) is 24.1 Å². The van der Waals surface area contributed by atoms with Gasteiger partial charge in [-0.2, -0.15) is 5.10 Å². The molecule has 170 valence electrons. The van der Waals surface area contributed by atoms with Crippen LogP contribution < -0.4 is 5.73 Å². The van der Waals surface area contributed by atoms with E-state index in [4.69, 9.17) is 30.7 Å². The topological polar surface area (TPSA) is 156 Å². The predicted octanol–water partition coefficient (Wildman–Crippen LogP) is 2.11. The van der Waals surface area contributed by atoms with Crippen LogP contribution in [-0.2, 0) is 14.3 Å². The summed E-state index contributed by atoms with van der Waals surface area (Å²) in [7, 11) is 0. The maximum absolute atomic E-state index is 12.0. The van der Waals surface area contributed by atoms with Gasteiger partial charge in [0, 0.05) is 6.57 Å². The van der Waals surface area contributed by atoms with Crippen molar-refractivity contribution >= 4 is 17.3 Å². The lowest BCUT2D eigenvalue weighted by atomic mass is 10.1. The second-order valence-electron chi connectivity index (χ2n) is 8.13. The number of aromatic nitrogens is 3. The van der Waals surface area contributed by atoms with Crippen LogP contribution in [0.25, 0.3) is 5.52 Å². The number of hydrogen-bond acceptors (Lipinski definition) is 9. The first-order chi connectivity index (χ1) is 14.7. The molecule has 2 aliphatic rings. The van der Waals surface area contributed by atoms with Crippen LogP contribution in [0.4, 0.5) is 5.82 Å². The third kappa shape index (κ3) is 7.17. The average Bonchev–Trinajstić information content (AvgIpc) is 3.46. The quantitative estimate of drug-likeness (QED) is 0.485. The molecule has 1 aliphatic carbocycles. The molecular formula is C21H31N5O5. The van der Waals surface area contributed by atoms with Crippen LogP contribution in [0.5, 0.6) is 0 Å². The Morgan fingerprint density at radius 2 is 1.94 bits per heavy atom. The molecule has 0 amide bonds. The summed E-state index contributed by atoms with van der Waals surface area (Å²) in [5.74, 6) is -1.01. The van der Waals surface area contributed by atoms with Gasteiger partial charge in [0.25, 0.3) is 0 Å². The van der Waals surface area contributed by atoms with E-state index < -0.39 is 5.79 Å². The zero-order valence-electron chi connectivity index (χ0n) is 18.0. The molecule has 10 nitrogen and oxygen atoms in total. The van der Waals surface area contributed by atoms with Crippen molar-refractivity contribution in [1.29, 1.82) is 5.26 Å². The molecule has 4 rings (SSSR count). The van der Waals surface area contributed by atoms with Crippen molar-refractivity contribution in [3.8, 4) is 6.57 Å². The van der Waals surface area contributed by atoms with Gasteiger partial charge >= 0.3 is 5.97 Å². The van der Waals surface area contributed by atoms with Crippen LogP contribution in [0, 0.1) is 17.8 Å². The highest BCUT2D eigenvalue weighted by Crippen LogP contribution is 2.34. The maximum Gasteiger partial charge on any atom is 0.309 e. The van der Waals surface area contributed by atoms with E-state index in [2.05, 4.69) is 16.7 Å². The fourth-order valence-electron chi connectivity index (χ4n) is 3.72. The van der Waals surface area contributed by atoms with Crippen molar-refractivity contribution in [1.82, 2.24) is 14.6 Å². The third-order valence-corrected chi connectivity index (χ3v) is 5.05. The van der Waals surface area contributed by atoms with E-state index in [9.17, 15) is 4.79 Å². The zero-order valence-corrected chi connectivity index (χ0v) is 18.0. The van der Waals surface area contributed by atoms with E-state index in [1.807, 2.05) is 12.1 Å². The summed E-state index contributed by atoms with van der Waals surface area (Å²) in [4.78, 5) is 16.0. The number of aliphatic hydroxyl groups is 2. The lowest BCUT2D eigenvalue weighted by Gasteiger charge is -2.15. The number of rotatable bonds is 4. The van der Waals surface area contributed by atoms with Gasteiger partial charge in [-0.3, -0.25) is 4.79 Å². The van der Waals surface area contributed by atoms with Gasteiger partial charge in [-0.05, 0) is 51.7 Å². The number of nitrogen functional groups attached to an aromatic ring is 1. The highest BCUT2D eigenvalue weighted by atomic mass is 16.6.